The zero-order valence-corrected chi connectivity index (χ0v) is 6.46. The Labute approximate surface area is 64.8 Å². The summed E-state index contributed by atoms with van der Waals surface area (Å²) in [5.41, 5.74) is 1.20. The predicted octanol–water partition coefficient (Wildman–Crippen LogP) is 0.757. The minimum absolute atomic E-state index is 0.0515. The maximum absolute atomic E-state index is 7.29. The molecular weight excluding hydrogens is 142 g/mol. The van der Waals surface area contributed by atoms with Gasteiger partial charge in [-0.05, 0) is 6.92 Å². The number of aryl methyl sites for hydroxylation is 1. The second-order valence-electron chi connectivity index (χ2n) is 2.02. The average molecular weight is 151 g/mol. The molecule has 0 saturated carbocycles. The monoisotopic (exact) mass is 151 g/mol. The van der Waals surface area contributed by atoms with Crippen LogP contribution < -0.4 is 0 Å². The molecule has 1 N–H and O–H groups in total. The smallest absolute Gasteiger partial charge is 0.234 e. The normalized spacial score (nSPS) is 9.27. The zero-order chi connectivity index (χ0) is 8.27. The van der Waals surface area contributed by atoms with E-state index in [0.717, 1.165) is 0 Å². The van der Waals surface area contributed by atoms with Crippen LogP contribution in [0.3, 0.4) is 0 Å². The van der Waals surface area contributed by atoms with Crippen molar-refractivity contribution in [3.8, 4) is 0 Å². The van der Waals surface area contributed by atoms with E-state index in [4.69, 9.17) is 10.1 Å². The molecule has 0 radical (unpaired) electrons. The van der Waals surface area contributed by atoms with Gasteiger partial charge < -0.3 is 4.74 Å². The fourth-order valence-electron chi connectivity index (χ4n) is 0.727. The highest BCUT2D eigenvalue weighted by Crippen LogP contribution is 1.99. The number of rotatable bonds is 1. The SMILES string of the molecule is COC(=N)c1nccnc1C. The van der Waals surface area contributed by atoms with E-state index in [9.17, 15) is 0 Å². The van der Waals surface area contributed by atoms with Crippen molar-refractivity contribution in [3.63, 3.8) is 0 Å². The first-order valence-corrected chi connectivity index (χ1v) is 3.16. The van der Waals surface area contributed by atoms with Gasteiger partial charge in [0.15, 0.2) is 0 Å². The van der Waals surface area contributed by atoms with E-state index < -0.39 is 0 Å². The van der Waals surface area contributed by atoms with Crippen LogP contribution in [-0.4, -0.2) is 23.0 Å². The summed E-state index contributed by atoms with van der Waals surface area (Å²) in [6.07, 6.45) is 3.12. The van der Waals surface area contributed by atoms with Crippen molar-refractivity contribution in [1.82, 2.24) is 9.97 Å². The lowest BCUT2D eigenvalue weighted by Gasteiger charge is -2.01. The second kappa shape index (κ2) is 3.09. The molecular formula is C7H9N3O. The first-order valence-electron chi connectivity index (χ1n) is 3.16. The lowest BCUT2D eigenvalue weighted by molar-refractivity contribution is 0.399. The van der Waals surface area contributed by atoms with Crippen molar-refractivity contribution in [2.24, 2.45) is 0 Å². The molecule has 0 aliphatic carbocycles. The van der Waals surface area contributed by atoms with Gasteiger partial charge in [0.2, 0.25) is 5.90 Å². The largest absolute Gasteiger partial charge is 0.480 e. The fraction of sp³-hybridized carbons (Fsp3) is 0.286. The summed E-state index contributed by atoms with van der Waals surface area (Å²) in [6, 6.07) is 0. The Morgan fingerprint density at radius 1 is 1.45 bits per heavy atom. The van der Waals surface area contributed by atoms with Crippen molar-refractivity contribution in [1.29, 1.82) is 5.41 Å². The standard InChI is InChI=1S/C7H9N3O/c1-5-6(7(8)11-2)10-4-3-9-5/h3-4,8H,1-2H3. The minimum atomic E-state index is 0.0515. The van der Waals surface area contributed by atoms with Gasteiger partial charge in [0.05, 0.1) is 12.8 Å². The molecule has 1 aromatic heterocycles. The van der Waals surface area contributed by atoms with Gasteiger partial charge >= 0.3 is 0 Å². The first kappa shape index (κ1) is 7.65. The molecule has 0 aromatic carbocycles. The van der Waals surface area contributed by atoms with Crippen molar-refractivity contribution in [2.75, 3.05) is 7.11 Å². The van der Waals surface area contributed by atoms with E-state index in [2.05, 4.69) is 9.97 Å². The molecule has 0 spiro atoms. The molecule has 0 aliphatic rings. The van der Waals surface area contributed by atoms with Crippen LogP contribution in [0.4, 0.5) is 0 Å². The van der Waals surface area contributed by atoms with Gasteiger partial charge in [0.25, 0.3) is 0 Å². The van der Waals surface area contributed by atoms with Gasteiger partial charge in [-0.15, -0.1) is 0 Å². The van der Waals surface area contributed by atoms with Gasteiger partial charge in [-0.3, -0.25) is 10.4 Å². The molecule has 0 saturated heterocycles. The third-order valence-corrected chi connectivity index (χ3v) is 1.30. The maximum Gasteiger partial charge on any atom is 0.234 e. The van der Waals surface area contributed by atoms with Crippen molar-refractivity contribution in [3.05, 3.63) is 23.8 Å². The van der Waals surface area contributed by atoms with E-state index in [1.54, 1.807) is 13.1 Å². The van der Waals surface area contributed by atoms with Crippen LogP contribution in [0.2, 0.25) is 0 Å². The van der Waals surface area contributed by atoms with Crippen LogP contribution in [0.5, 0.6) is 0 Å². The summed E-state index contributed by atoms with van der Waals surface area (Å²) in [4.78, 5) is 7.90. The van der Waals surface area contributed by atoms with Gasteiger partial charge in [-0.1, -0.05) is 0 Å². The Hall–Kier alpha value is -1.45. The summed E-state index contributed by atoms with van der Waals surface area (Å²) in [5, 5.41) is 7.29. The number of ether oxygens (including phenoxy) is 1. The average Bonchev–Trinajstić information content (AvgIpc) is 2.04. The van der Waals surface area contributed by atoms with Crippen LogP contribution in [0.15, 0.2) is 12.4 Å². The highest BCUT2D eigenvalue weighted by Gasteiger charge is 2.05. The van der Waals surface area contributed by atoms with Gasteiger partial charge in [0, 0.05) is 12.4 Å². The molecule has 4 heteroatoms. The Morgan fingerprint density at radius 2 is 2.09 bits per heavy atom. The number of methoxy groups -OCH3 is 1. The Balaban J connectivity index is 3.03. The summed E-state index contributed by atoms with van der Waals surface area (Å²) < 4.78 is 4.70. The number of aromatic nitrogens is 2. The van der Waals surface area contributed by atoms with E-state index >= 15 is 0 Å². The molecule has 0 amide bonds. The maximum atomic E-state index is 7.29. The minimum Gasteiger partial charge on any atom is -0.480 e. The Morgan fingerprint density at radius 3 is 2.64 bits per heavy atom. The first-order chi connectivity index (χ1) is 5.25. The fourth-order valence-corrected chi connectivity index (χ4v) is 0.727. The molecule has 0 fully saturated rings. The quantitative estimate of drug-likeness (QED) is 0.476. The topological polar surface area (TPSA) is 58.9 Å². The molecule has 0 atom stereocenters. The third-order valence-electron chi connectivity index (χ3n) is 1.30. The summed E-state index contributed by atoms with van der Waals surface area (Å²) in [6.45, 7) is 1.79. The van der Waals surface area contributed by atoms with Crippen LogP contribution in [0.1, 0.15) is 11.4 Å². The number of hydrogen-bond donors (Lipinski definition) is 1. The van der Waals surface area contributed by atoms with Gasteiger partial charge in [-0.25, -0.2) is 4.98 Å². The molecule has 1 aromatic rings. The van der Waals surface area contributed by atoms with E-state index in [1.807, 2.05) is 0 Å². The van der Waals surface area contributed by atoms with Crippen molar-refractivity contribution in [2.45, 2.75) is 6.92 Å². The number of nitrogens with one attached hydrogen (secondary N) is 1. The molecule has 4 nitrogen and oxygen atoms in total. The van der Waals surface area contributed by atoms with Crippen molar-refractivity contribution < 1.29 is 4.74 Å². The molecule has 11 heavy (non-hydrogen) atoms. The van der Waals surface area contributed by atoms with Crippen LogP contribution in [0.25, 0.3) is 0 Å². The Bertz CT molecular complexity index is 272. The molecule has 58 valence electrons. The molecule has 0 bridgehead atoms. The van der Waals surface area contributed by atoms with Gasteiger partial charge in [-0.2, -0.15) is 0 Å². The van der Waals surface area contributed by atoms with E-state index in [1.165, 1.54) is 13.3 Å². The van der Waals surface area contributed by atoms with Gasteiger partial charge in [0.1, 0.15) is 5.69 Å². The van der Waals surface area contributed by atoms with E-state index in [-0.39, 0.29) is 5.90 Å². The third kappa shape index (κ3) is 1.52. The molecule has 1 rings (SSSR count). The number of hydrogen-bond acceptors (Lipinski definition) is 4. The summed E-state index contributed by atoms with van der Waals surface area (Å²) >= 11 is 0. The highest BCUT2D eigenvalue weighted by molar-refractivity contribution is 5.90. The highest BCUT2D eigenvalue weighted by atomic mass is 16.5. The van der Waals surface area contributed by atoms with Crippen LogP contribution in [0, 0.1) is 12.3 Å². The lowest BCUT2D eigenvalue weighted by atomic mass is 10.3. The van der Waals surface area contributed by atoms with E-state index in [0.29, 0.717) is 11.4 Å². The lowest BCUT2D eigenvalue weighted by Crippen LogP contribution is -2.07. The summed E-state index contributed by atoms with van der Waals surface area (Å²) in [7, 11) is 1.44. The second-order valence-corrected chi connectivity index (χ2v) is 2.02. The molecule has 0 aliphatic heterocycles. The molecule has 0 unspecified atom stereocenters. The van der Waals surface area contributed by atoms with Crippen LogP contribution >= 0.6 is 0 Å². The molecule has 1 heterocycles. The predicted molar refractivity (Wildman–Crippen MR) is 40.6 cm³/mol. The van der Waals surface area contributed by atoms with Crippen molar-refractivity contribution >= 4 is 5.90 Å². The summed E-state index contributed by atoms with van der Waals surface area (Å²) in [5.74, 6) is 0.0515. The van der Waals surface area contributed by atoms with Crippen LogP contribution in [-0.2, 0) is 4.74 Å². The number of nitrogens with zero attached hydrogens (tertiary/aromatic N) is 2. The Kier molecular flexibility index (Phi) is 2.15. The zero-order valence-electron chi connectivity index (χ0n) is 6.46.